The predicted octanol–water partition coefficient (Wildman–Crippen LogP) is 1.82. The number of aldehydes is 1. The van der Waals surface area contributed by atoms with Crippen LogP contribution in [-0.4, -0.2) is 22.0 Å². The summed E-state index contributed by atoms with van der Waals surface area (Å²) in [5.74, 6) is -0.179. The molecular weight excluding hydrogens is 212 g/mol. The fourth-order valence-electron chi connectivity index (χ4n) is 1.26. The predicted molar refractivity (Wildman–Crippen MR) is 56.5 cm³/mol. The average molecular weight is 220 g/mol. The lowest BCUT2D eigenvalue weighted by atomic mass is 10.2. The van der Waals surface area contributed by atoms with E-state index in [-0.39, 0.29) is 5.78 Å². The Hall–Kier alpha value is -1.75. The van der Waals surface area contributed by atoms with Gasteiger partial charge in [-0.1, -0.05) is 0 Å². The standard InChI is InChI=1S/C10H8N2O2S/c1-6-9(11-5-15-6)10(14)8-3-2-7(4-13)12-8/h2-5,12H,1H3. The second kappa shape index (κ2) is 3.78. The molecule has 0 aliphatic heterocycles. The van der Waals surface area contributed by atoms with Crippen molar-refractivity contribution in [1.82, 2.24) is 9.97 Å². The molecule has 0 saturated heterocycles. The van der Waals surface area contributed by atoms with Crippen LogP contribution in [0.3, 0.4) is 0 Å². The van der Waals surface area contributed by atoms with Gasteiger partial charge in [0.25, 0.3) is 0 Å². The van der Waals surface area contributed by atoms with Crippen molar-refractivity contribution in [3.63, 3.8) is 0 Å². The molecule has 0 amide bonds. The van der Waals surface area contributed by atoms with Gasteiger partial charge in [-0.2, -0.15) is 0 Å². The fourth-order valence-corrected chi connectivity index (χ4v) is 1.84. The molecule has 5 heteroatoms. The van der Waals surface area contributed by atoms with Gasteiger partial charge in [-0.05, 0) is 19.1 Å². The Kier molecular flexibility index (Phi) is 2.47. The van der Waals surface area contributed by atoms with Crippen molar-refractivity contribution in [3.05, 3.63) is 39.6 Å². The van der Waals surface area contributed by atoms with Crippen molar-refractivity contribution in [2.75, 3.05) is 0 Å². The van der Waals surface area contributed by atoms with Gasteiger partial charge in [0.1, 0.15) is 5.69 Å². The van der Waals surface area contributed by atoms with Gasteiger partial charge in [0.2, 0.25) is 5.78 Å². The number of H-pyrrole nitrogens is 1. The van der Waals surface area contributed by atoms with E-state index < -0.39 is 0 Å². The molecule has 2 aromatic rings. The molecule has 15 heavy (non-hydrogen) atoms. The zero-order chi connectivity index (χ0) is 10.8. The van der Waals surface area contributed by atoms with Gasteiger partial charge in [0.15, 0.2) is 6.29 Å². The summed E-state index contributed by atoms with van der Waals surface area (Å²) >= 11 is 1.42. The fraction of sp³-hybridized carbons (Fsp3) is 0.100. The summed E-state index contributed by atoms with van der Waals surface area (Å²) in [4.78, 5) is 29.9. The highest BCUT2D eigenvalue weighted by Gasteiger charge is 2.15. The van der Waals surface area contributed by atoms with Crippen LogP contribution in [0.5, 0.6) is 0 Å². The zero-order valence-corrected chi connectivity index (χ0v) is 8.80. The van der Waals surface area contributed by atoms with E-state index in [9.17, 15) is 9.59 Å². The van der Waals surface area contributed by atoms with Crippen LogP contribution in [0.2, 0.25) is 0 Å². The van der Waals surface area contributed by atoms with Crippen LogP contribution in [0.4, 0.5) is 0 Å². The van der Waals surface area contributed by atoms with Crippen molar-refractivity contribution < 1.29 is 9.59 Å². The molecule has 0 bridgehead atoms. The van der Waals surface area contributed by atoms with Gasteiger partial charge in [-0.15, -0.1) is 11.3 Å². The van der Waals surface area contributed by atoms with Crippen molar-refractivity contribution in [1.29, 1.82) is 0 Å². The molecule has 2 aromatic heterocycles. The minimum atomic E-state index is -0.179. The first-order valence-corrected chi connectivity index (χ1v) is 5.19. The maximum atomic E-state index is 11.9. The molecule has 2 heterocycles. The lowest BCUT2D eigenvalue weighted by Gasteiger charge is -1.94. The van der Waals surface area contributed by atoms with Gasteiger partial charge in [-0.25, -0.2) is 4.98 Å². The monoisotopic (exact) mass is 220 g/mol. The number of nitrogens with zero attached hydrogens (tertiary/aromatic N) is 1. The Bertz CT molecular complexity index is 513. The summed E-state index contributed by atoms with van der Waals surface area (Å²) < 4.78 is 0. The van der Waals surface area contributed by atoms with E-state index in [2.05, 4.69) is 9.97 Å². The number of ketones is 1. The van der Waals surface area contributed by atoms with Crippen LogP contribution in [0.15, 0.2) is 17.6 Å². The van der Waals surface area contributed by atoms with Crippen LogP contribution < -0.4 is 0 Å². The van der Waals surface area contributed by atoms with Crippen LogP contribution >= 0.6 is 11.3 Å². The third-order valence-electron chi connectivity index (χ3n) is 2.04. The number of rotatable bonds is 3. The maximum absolute atomic E-state index is 11.9. The van der Waals surface area contributed by atoms with Crippen molar-refractivity contribution in [2.45, 2.75) is 6.92 Å². The normalized spacial score (nSPS) is 10.2. The molecule has 0 aliphatic carbocycles. The number of aromatic amines is 1. The second-order valence-electron chi connectivity index (χ2n) is 3.03. The Labute approximate surface area is 90.0 Å². The second-order valence-corrected chi connectivity index (χ2v) is 4.09. The summed E-state index contributed by atoms with van der Waals surface area (Å²) in [7, 11) is 0. The molecule has 2 rings (SSSR count). The van der Waals surface area contributed by atoms with Crippen LogP contribution in [0.1, 0.15) is 31.5 Å². The Morgan fingerprint density at radius 2 is 2.33 bits per heavy atom. The van der Waals surface area contributed by atoms with Gasteiger partial charge < -0.3 is 4.98 Å². The number of hydrogen-bond donors (Lipinski definition) is 1. The first-order valence-electron chi connectivity index (χ1n) is 4.31. The number of aromatic nitrogens is 2. The first-order chi connectivity index (χ1) is 7.22. The summed E-state index contributed by atoms with van der Waals surface area (Å²) in [5, 5.41) is 0. The first kappa shape index (κ1) is 9.79. The Morgan fingerprint density at radius 1 is 1.53 bits per heavy atom. The van der Waals surface area contributed by atoms with Gasteiger partial charge in [0.05, 0.1) is 16.9 Å². The highest BCUT2D eigenvalue weighted by Crippen LogP contribution is 2.15. The number of aryl methyl sites for hydroxylation is 1. The number of hydrogen-bond acceptors (Lipinski definition) is 4. The molecule has 0 aliphatic rings. The lowest BCUT2D eigenvalue weighted by Crippen LogP contribution is -2.03. The third kappa shape index (κ3) is 1.73. The number of carbonyl (C=O) groups is 2. The van der Waals surface area contributed by atoms with E-state index in [4.69, 9.17) is 0 Å². The molecule has 76 valence electrons. The molecular formula is C10H8N2O2S. The van der Waals surface area contributed by atoms with E-state index in [1.165, 1.54) is 11.3 Å². The van der Waals surface area contributed by atoms with Crippen LogP contribution in [0, 0.1) is 6.92 Å². The minimum Gasteiger partial charge on any atom is -0.350 e. The van der Waals surface area contributed by atoms with Crippen molar-refractivity contribution in [3.8, 4) is 0 Å². The zero-order valence-electron chi connectivity index (χ0n) is 7.98. The SMILES string of the molecule is Cc1scnc1C(=O)c1ccc(C=O)[nH]1. The number of thiazole rings is 1. The molecule has 0 spiro atoms. The molecule has 0 atom stereocenters. The topological polar surface area (TPSA) is 62.8 Å². The van der Waals surface area contributed by atoms with Crippen molar-refractivity contribution in [2.24, 2.45) is 0 Å². The van der Waals surface area contributed by atoms with E-state index in [0.717, 1.165) is 4.88 Å². The Balaban J connectivity index is 2.36. The number of carbonyl (C=O) groups excluding carboxylic acids is 2. The molecule has 0 saturated carbocycles. The molecule has 1 N–H and O–H groups in total. The molecule has 0 aromatic carbocycles. The quantitative estimate of drug-likeness (QED) is 0.634. The molecule has 0 fully saturated rings. The maximum Gasteiger partial charge on any atom is 0.228 e. The summed E-state index contributed by atoms with van der Waals surface area (Å²) in [6.45, 7) is 1.84. The van der Waals surface area contributed by atoms with E-state index in [1.54, 1.807) is 17.6 Å². The van der Waals surface area contributed by atoms with Gasteiger partial charge >= 0.3 is 0 Å². The van der Waals surface area contributed by atoms with Crippen LogP contribution in [-0.2, 0) is 0 Å². The molecule has 0 radical (unpaired) electrons. The summed E-state index contributed by atoms with van der Waals surface area (Å²) in [6, 6.07) is 3.16. The summed E-state index contributed by atoms with van der Waals surface area (Å²) in [6.07, 6.45) is 0.671. The largest absolute Gasteiger partial charge is 0.350 e. The molecule has 0 unspecified atom stereocenters. The van der Waals surface area contributed by atoms with Gasteiger partial charge in [-0.3, -0.25) is 9.59 Å². The van der Waals surface area contributed by atoms with E-state index in [1.807, 2.05) is 6.92 Å². The van der Waals surface area contributed by atoms with Crippen LogP contribution in [0.25, 0.3) is 0 Å². The Morgan fingerprint density at radius 3 is 2.87 bits per heavy atom. The van der Waals surface area contributed by atoms with Gasteiger partial charge in [0, 0.05) is 4.88 Å². The molecule has 4 nitrogen and oxygen atoms in total. The smallest absolute Gasteiger partial charge is 0.228 e. The highest BCUT2D eigenvalue weighted by atomic mass is 32.1. The van der Waals surface area contributed by atoms with E-state index >= 15 is 0 Å². The minimum absolute atomic E-state index is 0.179. The average Bonchev–Trinajstić information content (AvgIpc) is 2.84. The lowest BCUT2D eigenvalue weighted by molar-refractivity contribution is 0.103. The highest BCUT2D eigenvalue weighted by molar-refractivity contribution is 7.09. The van der Waals surface area contributed by atoms with Crippen molar-refractivity contribution >= 4 is 23.4 Å². The third-order valence-corrected chi connectivity index (χ3v) is 2.80. The number of nitrogens with one attached hydrogen (secondary N) is 1. The summed E-state index contributed by atoms with van der Waals surface area (Å²) in [5.41, 5.74) is 2.86. The van der Waals surface area contributed by atoms with E-state index in [0.29, 0.717) is 23.4 Å².